The van der Waals surface area contributed by atoms with Gasteiger partial charge in [0.1, 0.15) is 0 Å². The van der Waals surface area contributed by atoms with Gasteiger partial charge in [0.15, 0.2) is 0 Å². The Bertz CT molecular complexity index is 727. The zero-order chi connectivity index (χ0) is 18.4. The summed E-state index contributed by atoms with van der Waals surface area (Å²) in [5.41, 5.74) is 3.73. The monoisotopic (exact) mass is 348 g/mol. The van der Waals surface area contributed by atoms with E-state index in [-0.39, 0.29) is 5.91 Å². The smallest absolute Gasteiger partial charge is 0.246 e. The predicted octanol–water partition coefficient (Wildman–Crippen LogP) is 4.17. The fraction of sp³-hybridized carbons (Fsp3) is 0.348. The van der Waals surface area contributed by atoms with Crippen molar-refractivity contribution in [3.05, 3.63) is 77.4 Å². The Morgan fingerprint density at radius 2 is 1.62 bits per heavy atom. The topological polar surface area (TPSA) is 23.6 Å². The van der Waals surface area contributed by atoms with Crippen molar-refractivity contribution in [2.24, 2.45) is 0 Å². The molecular weight excluding hydrogens is 320 g/mol. The van der Waals surface area contributed by atoms with Crippen LogP contribution in [0.1, 0.15) is 36.5 Å². The third-order valence-corrected chi connectivity index (χ3v) is 4.95. The molecule has 1 fully saturated rings. The Morgan fingerprint density at radius 1 is 0.962 bits per heavy atom. The average molecular weight is 348 g/mol. The second-order valence-electron chi connectivity index (χ2n) is 7.24. The molecule has 1 aliphatic heterocycles. The van der Waals surface area contributed by atoms with Gasteiger partial charge >= 0.3 is 0 Å². The Balaban J connectivity index is 1.48. The maximum Gasteiger partial charge on any atom is 0.246 e. The van der Waals surface area contributed by atoms with E-state index in [0.717, 1.165) is 38.3 Å². The van der Waals surface area contributed by atoms with Crippen LogP contribution >= 0.6 is 0 Å². The van der Waals surface area contributed by atoms with Gasteiger partial charge in [-0.1, -0.05) is 68.4 Å². The van der Waals surface area contributed by atoms with Crippen molar-refractivity contribution in [1.29, 1.82) is 0 Å². The summed E-state index contributed by atoms with van der Waals surface area (Å²) in [7, 11) is 0. The molecule has 0 N–H and O–H groups in total. The van der Waals surface area contributed by atoms with Crippen LogP contribution in [0.2, 0.25) is 0 Å². The molecule has 0 saturated carbocycles. The van der Waals surface area contributed by atoms with E-state index >= 15 is 0 Å². The van der Waals surface area contributed by atoms with Crippen LogP contribution in [0.4, 0.5) is 0 Å². The molecule has 1 aliphatic rings. The molecule has 3 nitrogen and oxygen atoms in total. The molecule has 1 heterocycles. The number of amides is 1. The first-order valence-corrected chi connectivity index (χ1v) is 9.45. The van der Waals surface area contributed by atoms with Crippen LogP contribution in [-0.2, 0) is 11.3 Å². The van der Waals surface area contributed by atoms with Crippen molar-refractivity contribution in [2.45, 2.75) is 26.3 Å². The molecule has 136 valence electrons. The molecule has 0 spiro atoms. The molecule has 3 rings (SSSR count). The molecule has 3 heteroatoms. The number of piperazine rings is 1. The van der Waals surface area contributed by atoms with Crippen LogP contribution in [0, 0.1) is 0 Å². The van der Waals surface area contributed by atoms with Gasteiger partial charge in [-0.25, -0.2) is 0 Å². The predicted molar refractivity (Wildman–Crippen MR) is 108 cm³/mol. The normalized spacial score (nSPS) is 15.7. The van der Waals surface area contributed by atoms with E-state index in [1.54, 1.807) is 6.08 Å². The first-order valence-electron chi connectivity index (χ1n) is 9.45. The van der Waals surface area contributed by atoms with Gasteiger partial charge in [0.25, 0.3) is 0 Å². The standard InChI is InChI=1S/C23H28N2O/c1-19(2)22-11-8-20(9-12-22)10-13-23(26)25-16-14-24(15-17-25)18-21-6-4-3-5-7-21/h3-13,19H,14-18H2,1-2H3/b13-10+. The molecular formula is C23H28N2O. The number of hydrogen-bond acceptors (Lipinski definition) is 2. The van der Waals surface area contributed by atoms with Crippen molar-refractivity contribution >= 4 is 12.0 Å². The van der Waals surface area contributed by atoms with Crippen LogP contribution in [0.15, 0.2) is 60.7 Å². The average Bonchev–Trinajstić information content (AvgIpc) is 2.68. The number of hydrogen-bond donors (Lipinski definition) is 0. The third-order valence-electron chi connectivity index (χ3n) is 4.95. The summed E-state index contributed by atoms with van der Waals surface area (Å²) in [5.74, 6) is 0.638. The van der Waals surface area contributed by atoms with Crippen molar-refractivity contribution in [2.75, 3.05) is 26.2 Å². The lowest BCUT2D eigenvalue weighted by molar-refractivity contribution is -0.127. The fourth-order valence-corrected chi connectivity index (χ4v) is 3.23. The number of nitrogens with zero attached hydrogens (tertiary/aromatic N) is 2. The minimum atomic E-state index is 0.109. The molecule has 1 amide bonds. The van der Waals surface area contributed by atoms with E-state index in [1.807, 2.05) is 17.0 Å². The van der Waals surface area contributed by atoms with Crippen LogP contribution in [-0.4, -0.2) is 41.9 Å². The molecule has 0 aliphatic carbocycles. The molecule has 26 heavy (non-hydrogen) atoms. The first kappa shape index (κ1) is 18.4. The Kier molecular flexibility index (Phi) is 6.24. The summed E-state index contributed by atoms with van der Waals surface area (Å²) in [6, 6.07) is 18.9. The molecule has 2 aromatic carbocycles. The highest BCUT2D eigenvalue weighted by atomic mass is 16.2. The highest BCUT2D eigenvalue weighted by Gasteiger charge is 2.19. The number of carbonyl (C=O) groups excluding carboxylic acids is 1. The molecule has 0 aromatic heterocycles. The van der Waals surface area contributed by atoms with Crippen LogP contribution in [0.25, 0.3) is 6.08 Å². The minimum absolute atomic E-state index is 0.109. The van der Waals surface area contributed by atoms with Gasteiger partial charge in [-0.3, -0.25) is 9.69 Å². The van der Waals surface area contributed by atoms with Gasteiger partial charge in [0.2, 0.25) is 5.91 Å². The zero-order valence-electron chi connectivity index (χ0n) is 15.8. The van der Waals surface area contributed by atoms with Crippen LogP contribution < -0.4 is 0 Å². The maximum atomic E-state index is 12.4. The van der Waals surface area contributed by atoms with Crippen LogP contribution in [0.3, 0.4) is 0 Å². The van der Waals surface area contributed by atoms with Crippen molar-refractivity contribution < 1.29 is 4.79 Å². The summed E-state index contributed by atoms with van der Waals surface area (Å²) in [5, 5.41) is 0. The number of carbonyl (C=O) groups is 1. The van der Waals surface area contributed by atoms with E-state index in [2.05, 4.69) is 67.3 Å². The molecule has 0 bridgehead atoms. The molecule has 0 atom stereocenters. The molecule has 0 radical (unpaired) electrons. The maximum absolute atomic E-state index is 12.4. The quantitative estimate of drug-likeness (QED) is 0.757. The highest BCUT2D eigenvalue weighted by molar-refractivity contribution is 5.91. The summed E-state index contributed by atoms with van der Waals surface area (Å²) in [4.78, 5) is 16.8. The van der Waals surface area contributed by atoms with E-state index < -0.39 is 0 Å². The second-order valence-corrected chi connectivity index (χ2v) is 7.24. The highest BCUT2D eigenvalue weighted by Crippen LogP contribution is 2.15. The summed E-state index contributed by atoms with van der Waals surface area (Å²) >= 11 is 0. The second kappa shape index (κ2) is 8.81. The van der Waals surface area contributed by atoms with E-state index in [9.17, 15) is 4.79 Å². The van der Waals surface area contributed by atoms with Gasteiger partial charge in [-0.05, 0) is 28.7 Å². The summed E-state index contributed by atoms with van der Waals surface area (Å²) < 4.78 is 0. The lowest BCUT2D eigenvalue weighted by atomic mass is 10.0. The van der Waals surface area contributed by atoms with Gasteiger partial charge in [-0.2, -0.15) is 0 Å². The van der Waals surface area contributed by atoms with Gasteiger partial charge < -0.3 is 4.90 Å². The lowest BCUT2D eigenvalue weighted by Gasteiger charge is -2.34. The number of benzene rings is 2. The summed E-state index contributed by atoms with van der Waals surface area (Å²) in [6.45, 7) is 8.78. The van der Waals surface area contributed by atoms with Gasteiger partial charge in [0.05, 0.1) is 0 Å². The Hall–Kier alpha value is -2.39. The minimum Gasteiger partial charge on any atom is -0.337 e. The zero-order valence-corrected chi connectivity index (χ0v) is 15.8. The van der Waals surface area contributed by atoms with Crippen molar-refractivity contribution in [3.63, 3.8) is 0 Å². The van der Waals surface area contributed by atoms with Crippen LogP contribution in [0.5, 0.6) is 0 Å². The van der Waals surface area contributed by atoms with Gasteiger partial charge in [-0.15, -0.1) is 0 Å². The van der Waals surface area contributed by atoms with Gasteiger partial charge in [0, 0.05) is 38.8 Å². The SMILES string of the molecule is CC(C)c1ccc(/C=C/C(=O)N2CCN(Cc3ccccc3)CC2)cc1. The largest absolute Gasteiger partial charge is 0.337 e. The lowest BCUT2D eigenvalue weighted by Crippen LogP contribution is -2.47. The van der Waals surface area contributed by atoms with Crippen molar-refractivity contribution in [3.8, 4) is 0 Å². The number of rotatable bonds is 5. The fourth-order valence-electron chi connectivity index (χ4n) is 3.23. The Labute approximate surface area is 156 Å². The van der Waals surface area contributed by atoms with Crippen molar-refractivity contribution in [1.82, 2.24) is 9.80 Å². The Morgan fingerprint density at radius 3 is 2.23 bits per heavy atom. The van der Waals surface area contributed by atoms with E-state index in [4.69, 9.17) is 0 Å². The molecule has 1 saturated heterocycles. The molecule has 0 unspecified atom stereocenters. The third kappa shape index (κ3) is 5.06. The van der Waals surface area contributed by atoms with E-state index in [0.29, 0.717) is 5.92 Å². The molecule has 2 aromatic rings. The summed E-state index contributed by atoms with van der Waals surface area (Å²) in [6.07, 6.45) is 3.63. The first-order chi connectivity index (χ1) is 12.6. The van der Waals surface area contributed by atoms with E-state index in [1.165, 1.54) is 11.1 Å².